The van der Waals surface area contributed by atoms with E-state index in [-0.39, 0.29) is 0 Å². The third-order valence-corrected chi connectivity index (χ3v) is 3.22. The van der Waals surface area contributed by atoms with Gasteiger partial charge in [-0.1, -0.05) is 13.3 Å². The first-order valence-corrected chi connectivity index (χ1v) is 7.99. The minimum absolute atomic E-state index is 0.365. The maximum absolute atomic E-state index is 5.72. The third kappa shape index (κ3) is 10.6. The van der Waals surface area contributed by atoms with Crippen molar-refractivity contribution in [3.63, 3.8) is 0 Å². The second kappa shape index (κ2) is 13.8. The maximum atomic E-state index is 5.72. The molecule has 0 radical (unpaired) electrons. The molecule has 5 heteroatoms. The average molecular weight is 289 g/mol. The normalized spacial score (nSPS) is 19.4. The summed E-state index contributed by atoms with van der Waals surface area (Å²) in [5.41, 5.74) is 0. The van der Waals surface area contributed by atoms with Gasteiger partial charge >= 0.3 is 0 Å². The number of unbranched alkanes of at least 4 members (excludes halogenated alkanes) is 1. The van der Waals surface area contributed by atoms with E-state index in [9.17, 15) is 0 Å². The van der Waals surface area contributed by atoms with Gasteiger partial charge in [-0.25, -0.2) is 0 Å². The summed E-state index contributed by atoms with van der Waals surface area (Å²) in [5.74, 6) is 0. The lowest BCUT2D eigenvalue weighted by molar-refractivity contribution is -0.0234. The van der Waals surface area contributed by atoms with Gasteiger partial charge in [0.15, 0.2) is 0 Å². The van der Waals surface area contributed by atoms with Crippen LogP contribution in [0, 0.1) is 0 Å². The molecule has 0 unspecified atom stereocenters. The number of hydrogen-bond donors (Lipinski definition) is 1. The van der Waals surface area contributed by atoms with Crippen molar-refractivity contribution in [3.8, 4) is 0 Å². The Hall–Kier alpha value is -0.200. The highest BCUT2D eigenvalue weighted by molar-refractivity contribution is 4.68. The number of hydrogen-bond acceptors (Lipinski definition) is 5. The summed E-state index contributed by atoms with van der Waals surface area (Å²) in [6, 6.07) is 0. The van der Waals surface area contributed by atoms with Gasteiger partial charge in [-0.3, -0.25) is 0 Å². The van der Waals surface area contributed by atoms with Crippen LogP contribution < -0.4 is 5.32 Å². The molecule has 120 valence electrons. The summed E-state index contributed by atoms with van der Waals surface area (Å²) >= 11 is 0. The van der Waals surface area contributed by atoms with E-state index in [2.05, 4.69) is 12.2 Å². The molecule has 0 bridgehead atoms. The van der Waals surface area contributed by atoms with Crippen molar-refractivity contribution in [2.24, 2.45) is 0 Å². The van der Waals surface area contributed by atoms with Gasteiger partial charge in [0.05, 0.1) is 45.7 Å². The molecule has 1 heterocycles. The van der Waals surface area contributed by atoms with Gasteiger partial charge in [-0.15, -0.1) is 0 Å². The monoisotopic (exact) mass is 289 g/mol. The summed E-state index contributed by atoms with van der Waals surface area (Å²) in [6.45, 7) is 8.99. The molecule has 0 amide bonds. The first-order valence-electron chi connectivity index (χ1n) is 7.99. The number of piperidine rings is 1. The SMILES string of the molecule is CCCCOCCOCCOCCO[C@H]1CCCNC1. The van der Waals surface area contributed by atoms with Crippen LogP contribution in [0.1, 0.15) is 32.6 Å². The van der Waals surface area contributed by atoms with Crippen molar-refractivity contribution in [2.75, 3.05) is 59.3 Å². The molecule has 1 aliphatic heterocycles. The summed E-state index contributed by atoms with van der Waals surface area (Å²) in [6.07, 6.45) is 5.03. The van der Waals surface area contributed by atoms with Crippen LogP contribution in [0.5, 0.6) is 0 Å². The number of rotatable bonds is 13. The third-order valence-electron chi connectivity index (χ3n) is 3.22. The van der Waals surface area contributed by atoms with Gasteiger partial charge in [0.2, 0.25) is 0 Å². The molecule has 1 saturated heterocycles. The molecule has 1 aliphatic rings. The zero-order valence-electron chi connectivity index (χ0n) is 12.9. The molecule has 1 fully saturated rings. The molecule has 0 aliphatic carbocycles. The van der Waals surface area contributed by atoms with Crippen LogP contribution in [0.2, 0.25) is 0 Å². The molecular formula is C15H31NO4. The van der Waals surface area contributed by atoms with Crippen molar-refractivity contribution in [2.45, 2.75) is 38.7 Å². The Morgan fingerprint density at radius 1 is 0.900 bits per heavy atom. The lowest BCUT2D eigenvalue weighted by Gasteiger charge is -2.22. The molecule has 0 aromatic rings. The van der Waals surface area contributed by atoms with E-state index >= 15 is 0 Å². The molecule has 0 aromatic heterocycles. The van der Waals surface area contributed by atoms with Gasteiger partial charge in [0.25, 0.3) is 0 Å². The Bertz CT molecular complexity index is 198. The Kier molecular flexibility index (Phi) is 12.3. The predicted molar refractivity (Wildman–Crippen MR) is 79.2 cm³/mol. The lowest BCUT2D eigenvalue weighted by Crippen LogP contribution is -2.35. The second-order valence-electron chi connectivity index (χ2n) is 5.03. The minimum Gasteiger partial charge on any atom is -0.379 e. The van der Waals surface area contributed by atoms with Crippen LogP contribution in [0.15, 0.2) is 0 Å². The fourth-order valence-corrected chi connectivity index (χ4v) is 2.02. The quantitative estimate of drug-likeness (QED) is 0.522. The van der Waals surface area contributed by atoms with E-state index < -0.39 is 0 Å². The molecule has 1 rings (SSSR count). The number of ether oxygens (including phenoxy) is 4. The zero-order valence-corrected chi connectivity index (χ0v) is 12.9. The molecule has 20 heavy (non-hydrogen) atoms. The van der Waals surface area contributed by atoms with Gasteiger partial charge < -0.3 is 24.3 Å². The van der Waals surface area contributed by atoms with E-state index in [1.165, 1.54) is 12.8 Å². The first-order chi connectivity index (χ1) is 9.93. The Morgan fingerprint density at radius 3 is 2.15 bits per heavy atom. The van der Waals surface area contributed by atoms with E-state index in [0.717, 1.165) is 32.5 Å². The molecular weight excluding hydrogens is 258 g/mol. The largest absolute Gasteiger partial charge is 0.379 e. The van der Waals surface area contributed by atoms with Gasteiger partial charge in [0, 0.05) is 13.2 Å². The summed E-state index contributed by atoms with van der Waals surface area (Å²) in [4.78, 5) is 0. The molecule has 0 aromatic carbocycles. The van der Waals surface area contributed by atoms with E-state index in [0.29, 0.717) is 45.7 Å². The van der Waals surface area contributed by atoms with Crippen molar-refractivity contribution in [3.05, 3.63) is 0 Å². The molecule has 1 atom stereocenters. The summed E-state index contributed by atoms with van der Waals surface area (Å²) < 4.78 is 22.0. The molecule has 0 spiro atoms. The molecule has 5 nitrogen and oxygen atoms in total. The van der Waals surface area contributed by atoms with Crippen LogP contribution in [0.4, 0.5) is 0 Å². The Labute approximate surface area is 123 Å². The Balaban J connectivity index is 1.70. The van der Waals surface area contributed by atoms with Gasteiger partial charge in [-0.2, -0.15) is 0 Å². The van der Waals surface area contributed by atoms with Crippen LogP contribution >= 0.6 is 0 Å². The van der Waals surface area contributed by atoms with Crippen LogP contribution in [-0.2, 0) is 18.9 Å². The highest BCUT2D eigenvalue weighted by atomic mass is 16.6. The number of nitrogens with one attached hydrogen (secondary N) is 1. The van der Waals surface area contributed by atoms with E-state index in [1.54, 1.807) is 0 Å². The van der Waals surface area contributed by atoms with Crippen LogP contribution in [0.3, 0.4) is 0 Å². The van der Waals surface area contributed by atoms with Crippen LogP contribution in [0.25, 0.3) is 0 Å². The lowest BCUT2D eigenvalue weighted by atomic mass is 10.1. The standard InChI is InChI=1S/C15H31NO4/c1-2-3-7-17-8-9-18-10-11-19-12-13-20-15-5-4-6-16-14-15/h15-16H,2-14H2,1H3/t15-/m0/s1. The fourth-order valence-electron chi connectivity index (χ4n) is 2.02. The fraction of sp³-hybridized carbons (Fsp3) is 1.00. The highest BCUT2D eigenvalue weighted by Crippen LogP contribution is 2.05. The molecule has 0 saturated carbocycles. The Morgan fingerprint density at radius 2 is 1.55 bits per heavy atom. The summed E-state index contributed by atoms with van der Waals surface area (Å²) in [7, 11) is 0. The first kappa shape index (κ1) is 17.9. The summed E-state index contributed by atoms with van der Waals surface area (Å²) in [5, 5.41) is 3.33. The zero-order chi connectivity index (χ0) is 14.3. The van der Waals surface area contributed by atoms with Gasteiger partial charge in [-0.05, 0) is 25.8 Å². The van der Waals surface area contributed by atoms with Crippen molar-refractivity contribution in [1.82, 2.24) is 5.32 Å². The average Bonchev–Trinajstić information content (AvgIpc) is 2.49. The predicted octanol–water partition coefficient (Wildman–Crippen LogP) is 1.60. The maximum Gasteiger partial charge on any atom is 0.0704 e. The molecule has 1 N–H and O–H groups in total. The topological polar surface area (TPSA) is 49.0 Å². The van der Waals surface area contributed by atoms with Crippen molar-refractivity contribution in [1.29, 1.82) is 0 Å². The van der Waals surface area contributed by atoms with Crippen LogP contribution in [-0.4, -0.2) is 65.4 Å². The van der Waals surface area contributed by atoms with E-state index in [1.807, 2.05) is 0 Å². The van der Waals surface area contributed by atoms with Gasteiger partial charge in [0.1, 0.15) is 0 Å². The van der Waals surface area contributed by atoms with Crippen molar-refractivity contribution >= 4 is 0 Å². The smallest absolute Gasteiger partial charge is 0.0704 e. The second-order valence-corrected chi connectivity index (χ2v) is 5.03. The minimum atomic E-state index is 0.365. The van der Waals surface area contributed by atoms with Crippen molar-refractivity contribution < 1.29 is 18.9 Å². The highest BCUT2D eigenvalue weighted by Gasteiger charge is 2.12. The van der Waals surface area contributed by atoms with E-state index in [4.69, 9.17) is 18.9 Å².